The van der Waals surface area contributed by atoms with Gasteiger partial charge in [0.05, 0.1) is 0 Å². The Morgan fingerprint density at radius 3 is 2.47 bits per heavy atom. The number of halogens is 2. The largest absolute Gasteiger partial charge is 0.486 e. The molecule has 0 radical (unpaired) electrons. The Bertz CT molecular complexity index is 511. The van der Waals surface area contributed by atoms with E-state index in [0.29, 0.717) is 16.1 Å². The van der Waals surface area contributed by atoms with Gasteiger partial charge < -0.3 is 4.74 Å². The monoisotopic (exact) mass is 268 g/mol. The molecule has 2 rings (SSSR count). The maximum Gasteiger partial charge on any atom is 0.169 e. The number of rotatable bonds is 3. The van der Waals surface area contributed by atoms with E-state index in [1.807, 2.05) is 31.2 Å². The maximum atomic E-state index is 5.77. The minimum absolute atomic E-state index is 0.240. The van der Waals surface area contributed by atoms with Crippen LogP contribution in [0, 0.1) is 6.92 Å². The summed E-state index contributed by atoms with van der Waals surface area (Å²) in [6, 6.07) is 9.22. The van der Waals surface area contributed by atoms with E-state index in [1.54, 1.807) is 0 Å². The van der Waals surface area contributed by atoms with E-state index in [1.165, 1.54) is 6.07 Å². The standard InChI is InChI=1S/C12H10Cl2N2O/c1-8-3-2-4-9(5-8)17-7-12-15-10(13)6-11(14)16-12/h2-6H,7H2,1H3. The smallest absolute Gasteiger partial charge is 0.169 e. The van der Waals surface area contributed by atoms with Gasteiger partial charge in [-0.25, -0.2) is 9.97 Å². The number of benzene rings is 1. The summed E-state index contributed by atoms with van der Waals surface area (Å²) < 4.78 is 5.54. The summed E-state index contributed by atoms with van der Waals surface area (Å²) in [6.45, 7) is 2.24. The molecule has 0 saturated carbocycles. The molecule has 88 valence electrons. The van der Waals surface area contributed by atoms with Crippen molar-refractivity contribution in [2.24, 2.45) is 0 Å². The Balaban J connectivity index is 2.07. The lowest BCUT2D eigenvalue weighted by Crippen LogP contribution is -2.01. The van der Waals surface area contributed by atoms with Crippen molar-refractivity contribution in [1.29, 1.82) is 0 Å². The van der Waals surface area contributed by atoms with Crippen molar-refractivity contribution in [3.05, 3.63) is 52.0 Å². The second-order valence-electron chi connectivity index (χ2n) is 3.53. The highest BCUT2D eigenvalue weighted by Crippen LogP contribution is 2.15. The zero-order valence-electron chi connectivity index (χ0n) is 9.15. The van der Waals surface area contributed by atoms with Gasteiger partial charge in [-0.05, 0) is 24.6 Å². The lowest BCUT2D eigenvalue weighted by molar-refractivity contribution is 0.295. The Labute approximate surface area is 109 Å². The predicted octanol–water partition coefficient (Wildman–Crippen LogP) is 3.67. The Morgan fingerprint density at radius 2 is 1.82 bits per heavy atom. The van der Waals surface area contributed by atoms with Gasteiger partial charge in [0.1, 0.15) is 22.7 Å². The maximum absolute atomic E-state index is 5.77. The van der Waals surface area contributed by atoms with Crippen LogP contribution in [-0.2, 0) is 6.61 Å². The van der Waals surface area contributed by atoms with Gasteiger partial charge in [-0.3, -0.25) is 0 Å². The molecule has 3 nitrogen and oxygen atoms in total. The van der Waals surface area contributed by atoms with E-state index in [0.717, 1.165) is 11.3 Å². The van der Waals surface area contributed by atoms with E-state index in [9.17, 15) is 0 Å². The summed E-state index contributed by atoms with van der Waals surface area (Å²) in [7, 11) is 0. The van der Waals surface area contributed by atoms with Crippen molar-refractivity contribution in [3.63, 3.8) is 0 Å². The molecule has 0 unspecified atom stereocenters. The molecule has 0 aliphatic carbocycles. The van der Waals surface area contributed by atoms with Crippen LogP contribution < -0.4 is 4.74 Å². The van der Waals surface area contributed by atoms with Crippen molar-refractivity contribution in [1.82, 2.24) is 9.97 Å². The second kappa shape index (κ2) is 5.34. The zero-order valence-corrected chi connectivity index (χ0v) is 10.7. The average molecular weight is 269 g/mol. The van der Waals surface area contributed by atoms with E-state index in [-0.39, 0.29) is 6.61 Å². The van der Waals surface area contributed by atoms with E-state index in [4.69, 9.17) is 27.9 Å². The van der Waals surface area contributed by atoms with Gasteiger partial charge in [0, 0.05) is 6.07 Å². The normalized spacial score (nSPS) is 10.3. The molecule has 17 heavy (non-hydrogen) atoms. The molecule has 1 aromatic heterocycles. The molecule has 0 atom stereocenters. The fourth-order valence-corrected chi connectivity index (χ4v) is 1.81. The molecule has 2 aromatic rings. The molecule has 5 heteroatoms. The summed E-state index contributed by atoms with van der Waals surface area (Å²) in [6.07, 6.45) is 0. The first-order valence-electron chi connectivity index (χ1n) is 5.02. The fourth-order valence-electron chi connectivity index (χ4n) is 1.35. The third-order valence-corrected chi connectivity index (χ3v) is 2.45. The number of ether oxygens (including phenoxy) is 1. The molecule has 1 aromatic carbocycles. The molecule has 0 bridgehead atoms. The van der Waals surface area contributed by atoms with Gasteiger partial charge in [-0.2, -0.15) is 0 Å². The van der Waals surface area contributed by atoms with Crippen LogP contribution in [0.2, 0.25) is 10.3 Å². The predicted molar refractivity (Wildman–Crippen MR) is 67.6 cm³/mol. The van der Waals surface area contributed by atoms with Crippen molar-refractivity contribution >= 4 is 23.2 Å². The fraction of sp³-hybridized carbons (Fsp3) is 0.167. The number of nitrogens with zero attached hydrogens (tertiary/aromatic N) is 2. The summed E-state index contributed by atoms with van der Waals surface area (Å²) >= 11 is 11.5. The van der Waals surface area contributed by atoms with Gasteiger partial charge in [0.25, 0.3) is 0 Å². The number of aryl methyl sites for hydroxylation is 1. The Hall–Kier alpha value is -1.32. The first-order valence-corrected chi connectivity index (χ1v) is 5.77. The van der Waals surface area contributed by atoms with Crippen molar-refractivity contribution in [2.75, 3.05) is 0 Å². The van der Waals surface area contributed by atoms with Crippen molar-refractivity contribution in [2.45, 2.75) is 13.5 Å². The molecule has 0 saturated heterocycles. The Morgan fingerprint density at radius 1 is 1.12 bits per heavy atom. The average Bonchev–Trinajstić information content (AvgIpc) is 2.25. The van der Waals surface area contributed by atoms with Crippen molar-refractivity contribution in [3.8, 4) is 5.75 Å². The van der Waals surface area contributed by atoms with Crippen LogP contribution in [0.1, 0.15) is 11.4 Å². The van der Waals surface area contributed by atoms with Gasteiger partial charge in [0.2, 0.25) is 0 Å². The van der Waals surface area contributed by atoms with Gasteiger partial charge in [-0.15, -0.1) is 0 Å². The molecule has 0 N–H and O–H groups in total. The highest BCUT2D eigenvalue weighted by molar-refractivity contribution is 6.33. The SMILES string of the molecule is Cc1cccc(OCc2nc(Cl)cc(Cl)n2)c1. The molecule has 0 aliphatic heterocycles. The summed E-state index contributed by atoms with van der Waals surface area (Å²) in [5.41, 5.74) is 1.13. The third kappa shape index (κ3) is 3.58. The minimum atomic E-state index is 0.240. The number of hydrogen-bond donors (Lipinski definition) is 0. The molecule has 0 spiro atoms. The van der Waals surface area contributed by atoms with E-state index >= 15 is 0 Å². The van der Waals surface area contributed by atoms with Crippen molar-refractivity contribution < 1.29 is 4.74 Å². The van der Waals surface area contributed by atoms with Gasteiger partial charge in [-0.1, -0.05) is 35.3 Å². The van der Waals surface area contributed by atoms with Crippen LogP contribution in [0.3, 0.4) is 0 Å². The quantitative estimate of drug-likeness (QED) is 0.797. The summed E-state index contributed by atoms with van der Waals surface area (Å²) in [5, 5.41) is 0.626. The number of aromatic nitrogens is 2. The summed E-state index contributed by atoms with van der Waals surface area (Å²) in [5.74, 6) is 1.23. The number of hydrogen-bond acceptors (Lipinski definition) is 3. The first-order chi connectivity index (χ1) is 8.13. The minimum Gasteiger partial charge on any atom is -0.486 e. The van der Waals surface area contributed by atoms with Crippen LogP contribution >= 0.6 is 23.2 Å². The van der Waals surface area contributed by atoms with Gasteiger partial charge >= 0.3 is 0 Å². The lowest BCUT2D eigenvalue weighted by atomic mass is 10.2. The third-order valence-electron chi connectivity index (χ3n) is 2.07. The van der Waals surface area contributed by atoms with Crippen LogP contribution in [-0.4, -0.2) is 9.97 Å². The molecule has 0 amide bonds. The lowest BCUT2D eigenvalue weighted by Gasteiger charge is -2.06. The second-order valence-corrected chi connectivity index (χ2v) is 4.31. The molecule has 0 fully saturated rings. The first kappa shape index (κ1) is 12.1. The van der Waals surface area contributed by atoms with E-state index in [2.05, 4.69) is 9.97 Å². The highest BCUT2D eigenvalue weighted by Gasteiger charge is 2.03. The molecular formula is C12H10Cl2N2O. The van der Waals surface area contributed by atoms with Crippen LogP contribution in [0.15, 0.2) is 30.3 Å². The summed E-state index contributed by atoms with van der Waals surface area (Å²) in [4.78, 5) is 8.03. The molecule has 0 aliphatic rings. The highest BCUT2D eigenvalue weighted by atomic mass is 35.5. The van der Waals surface area contributed by atoms with Gasteiger partial charge in [0.15, 0.2) is 5.82 Å². The zero-order chi connectivity index (χ0) is 12.3. The van der Waals surface area contributed by atoms with Crippen LogP contribution in [0.25, 0.3) is 0 Å². The Kier molecular flexibility index (Phi) is 3.82. The molecule has 1 heterocycles. The van der Waals surface area contributed by atoms with E-state index < -0.39 is 0 Å². The van der Waals surface area contributed by atoms with Crippen LogP contribution in [0.5, 0.6) is 5.75 Å². The molecular weight excluding hydrogens is 259 g/mol. The van der Waals surface area contributed by atoms with Crippen LogP contribution in [0.4, 0.5) is 0 Å². The topological polar surface area (TPSA) is 35.0 Å².